The Balaban J connectivity index is 1.97. The molecule has 186 valence electrons. The third-order valence-corrected chi connectivity index (χ3v) is 7.99. The van der Waals surface area contributed by atoms with Crippen LogP contribution in [-0.4, -0.2) is 60.2 Å². The average molecular weight is 503 g/mol. The fourth-order valence-corrected chi connectivity index (χ4v) is 6.09. The minimum absolute atomic E-state index is 0.0676. The van der Waals surface area contributed by atoms with Crippen molar-refractivity contribution in [3.63, 3.8) is 0 Å². The van der Waals surface area contributed by atoms with Gasteiger partial charge in [0, 0.05) is 25.4 Å². The minimum Gasteiger partial charge on any atom is -0.481 e. The van der Waals surface area contributed by atoms with E-state index < -0.39 is 49.7 Å². The Kier molecular flexibility index (Phi) is 7.36. The maximum absolute atomic E-state index is 13.9. The van der Waals surface area contributed by atoms with Gasteiger partial charge in [-0.3, -0.25) is 14.3 Å². The molecule has 1 saturated carbocycles. The van der Waals surface area contributed by atoms with Crippen LogP contribution in [0.1, 0.15) is 25.3 Å². The molecule has 0 radical (unpaired) electrons. The molecule has 0 bridgehead atoms. The lowest BCUT2D eigenvalue weighted by atomic mass is 10.1. The highest BCUT2D eigenvalue weighted by atomic mass is 32.2. The van der Waals surface area contributed by atoms with Gasteiger partial charge < -0.3 is 15.2 Å². The highest BCUT2D eigenvalue weighted by Crippen LogP contribution is 2.42. The Hall–Kier alpha value is -2.93. The fraction of sp³-hybridized carbons (Fsp3) is 0.476. The van der Waals surface area contributed by atoms with Gasteiger partial charge in [-0.2, -0.15) is 18.3 Å². The number of sulfone groups is 1. The number of amides is 1. The second-order valence-electron chi connectivity index (χ2n) is 7.95. The zero-order chi connectivity index (χ0) is 25.3. The Labute approximate surface area is 193 Å². The number of carbonyl (C=O) groups is 2. The summed E-state index contributed by atoms with van der Waals surface area (Å²) in [5.41, 5.74) is -1.02. The van der Waals surface area contributed by atoms with E-state index in [-0.39, 0.29) is 36.4 Å². The number of likely N-dealkylation sites (N-methyl/N-ethyl adjacent to an activating group) is 1. The van der Waals surface area contributed by atoms with Gasteiger partial charge in [-0.25, -0.2) is 8.42 Å². The summed E-state index contributed by atoms with van der Waals surface area (Å²) in [5, 5.41) is 14.5. The molecular weight excluding hydrogens is 479 g/mol. The van der Waals surface area contributed by atoms with Crippen molar-refractivity contribution in [1.29, 1.82) is 0 Å². The first-order chi connectivity index (χ1) is 15.9. The number of nitrogens with zero attached hydrogens (tertiary/aromatic N) is 2. The first-order valence-electron chi connectivity index (χ1n) is 10.4. The van der Waals surface area contributed by atoms with Crippen LogP contribution in [-0.2, 0) is 36.9 Å². The van der Waals surface area contributed by atoms with E-state index in [0.717, 1.165) is 12.1 Å². The molecule has 1 amide bonds. The van der Waals surface area contributed by atoms with Crippen molar-refractivity contribution < 1.29 is 41.0 Å². The molecule has 2 aromatic rings. The maximum atomic E-state index is 13.9. The number of carboxylic acid groups (broad SMARTS) is 1. The number of halogens is 3. The van der Waals surface area contributed by atoms with Gasteiger partial charge in [-0.05, 0) is 37.5 Å². The summed E-state index contributed by atoms with van der Waals surface area (Å²) in [6, 6.07) is 2.83. The van der Waals surface area contributed by atoms with Crippen molar-refractivity contribution in [2.24, 2.45) is 5.92 Å². The van der Waals surface area contributed by atoms with Gasteiger partial charge in [-0.15, -0.1) is 0 Å². The van der Waals surface area contributed by atoms with Crippen molar-refractivity contribution in [2.75, 3.05) is 13.7 Å². The molecule has 13 heteroatoms. The third-order valence-electron chi connectivity index (χ3n) is 5.76. The molecule has 3 rings (SSSR count). The molecule has 1 aliphatic carbocycles. The number of benzene rings is 1. The van der Waals surface area contributed by atoms with E-state index in [2.05, 4.69) is 10.4 Å². The molecule has 3 atom stereocenters. The van der Waals surface area contributed by atoms with E-state index in [9.17, 15) is 36.3 Å². The van der Waals surface area contributed by atoms with Crippen LogP contribution in [0.2, 0.25) is 0 Å². The highest BCUT2D eigenvalue weighted by molar-refractivity contribution is 7.92. The van der Waals surface area contributed by atoms with Crippen molar-refractivity contribution in [3.8, 4) is 11.1 Å². The number of methoxy groups -OCH3 is 1. The average Bonchev–Trinajstić information content (AvgIpc) is 3.40. The van der Waals surface area contributed by atoms with Gasteiger partial charge in [0.1, 0.15) is 6.54 Å². The smallest absolute Gasteiger partial charge is 0.417 e. The number of alkyl halides is 3. The van der Waals surface area contributed by atoms with Gasteiger partial charge in [0.15, 0.2) is 9.84 Å². The van der Waals surface area contributed by atoms with E-state index in [0.29, 0.717) is 6.54 Å². The summed E-state index contributed by atoms with van der Waals surface area (Å²) in [5.74, 6) is -2.71. The predicted molar refractivity (Wildman–Crippen MR) is 113 cm³/mol. The van der Waals surface area contributed by atoms with Crippen LogP contribution in [0.4, 0.5) is 13.2 Å². The standard InChI is InChI=1S/C21H24F3N3O6S/c1-3-25-19(28)11-27-10-13(9-26-27)12-4-5-18(16(6-12)21(22,23)24)34(31,32)14-7-15(20(29)30)17(8-14)33-2/h4-6,9-10,14-15,17H,3,7-8,11H2,1-2H3,(H,25,28)(H,29,30)/t14-,15-,17-/m1/s1. The van der Waals surface area contributed by atoms with Gasteiger partial charge in [0.05, 0.1) is 33.9 Å². The number of hydrogen-bond donors (Lipinski definition) is 2. The summed E-state index contributed by atoms with van der Waals surface area (Å²) in [4.78, 5) is 22.2. The van der Waals surface area contributed by atoms with E-state index in [1.165, 1.54) is 30.3 Å². The fourth-order valence-electron chi connectivity index (χ4n) is 4.09. The van der Waals surface area contributed by atoms with Crippen LogP contribution in [0, 0.1) is 5.92 Å². The monoisotopic (exact) mass is 503 g/mol. The number of rotatable bonds is 8. The van der Waals surface area contributed by atoms with Crippen LogP contribution in [0.5, 0.6) is 0 Å². The first kappa shape index (κ1) is 25.7. The van der Waals surface area contributed by atoms with Crippen LogP contribution < -0.4 is 5.32 Å². The van der Waals surface area contributed by atoms with E-state index in [1.807, 2.05) is 0 Å². The van der Waals surface area contributed by atoms with Crippen LogP contribution in [0.15, 0.2) is 35.5 Å². The quantitative estimate of drug-likeness (QED) is 0.566. The molecule has 0 unspecified atom stereocenters. The van der Waals surface area contributed by atoms with E-state index >= 15 is 0 Å². The molecule has 34 heavy (non-hydrogen) atoms. The number of ether oxygens (including phenoxy) is 1. The van der Waals surface area contributed by atoms with Gasteiger partial charge in [0.2, 0.25) is 5.91 Å². The van der Waals surface area contributed by atoms with Gasteiger partial charge >= 0.3 is 12.1 Å². The van der Waals surface area contributed by atoms with Crippen molar-refractivity contribution in [2.45, 2.75) is 48.7 Å². The SMILES string of the molecule is CCNC(=O)Cn1cc(-c2ccc(S(=O)(=O)[C@H]3C[C@@H](OC)[C@H](C(=O)O)C3)c(C(F)(F)F)c2)cn1. The van der Waals surface area contributed by atoms with Crippen LogP contribution in [0.25, 0.3) is 11.1 Å². The Morgan fingerprint density at radius 2 is 1.97 bits per heavy atom. The molecule has 1 fully saturated rings. The molecular formula is C21H24F3N3O6S. The first-order valence-corrected chi connectivity index (χ1v) is 11.9. The van der Waals surface area contributed by atoms with Crippen molar-refractivity contribution >= 4 is 21.7 Å². The second-order valence-corrected chi connectivity index (χ2v) is 10.1. The summed E-state index contributed by atoms with van der Waals surface area (Å²) in [6.45, 7) is 2.03. The Morgan fingerprint density at radius 1 is 1.26 bits per heavy atom. The number of carboxylic acids is 1. The largest absolute Gasteiger partial charge is 0.481 e. The van der Waals surface area contributed by atoms with E-state index in [4.69, 9.17) is 4.74 Å². The lowest BCUT2D eigenvalue weighted by Crippen LogP contribution is -2.27. The Morgan fingerprint density at radius 3 is 2.53 bits per heavy atom. The van der Waals surface area contributed by atoms with E-state index in [1.54, 1.807) is 6.92 Å². The lowest BCUT2D eigenvalue weighted by Gasteiger charge is -2.18. The zero-order valence-electron chi connectivity index (χ0n) is 18.4. The third kappa shape index (κ3) is 5.25. The summed E-state index contributed by atoms with van der Waals surface area (Å²) in [7, 11) is -3.28. The highest BCUT2D eigenvalue weighted by Gasteiger charge is 2.47. The topological polar surface area (TPSA) is 128 Å². The number of aliphatic carboxylic acids is 1. The minimum atomic E-state index is -4.99. The normalized spacial score (nSPS) is 20.9. The number of carbonyl (C=O) groups excluding carboxylic acids is 1. The van der Waals surface area contributed by atoms with Gasteiger partial charge in [-0.1, -0.05) is 6.07 Å². The zero-order valence-corrected chi connectivity index (χ0v) is 19.2. The van der Waals surface area contributed by atoms with Crippen LogP contribution >= 0.6 is 0 Å². The summed E-state index contributed by atoms with van der Waals surface area (Å²) in [6.07, 6.45) is -3.80. The van der Waals surface area contributed by atoms with Crippen LogP contribution in [0.3, 0.4) is 0 Å². The predicted octanol–water partition coefficient (Wildman–Crippen LogP) is 2.36. The number of nitrogens with one attached hydrogen (secondary N) is 1. The second kappa shape index (κ2) is 9.74. The number of hydrogen-bond acceptors (Lipinski definition) is 6. The maximum Gasteiger partial charge on any atom is 0.417 e. The molecule has 1 aliphatic rings. The number of aromatic nitrogens is 2. The Bertz CT molecular complexity index is 1180. The van der Waals surface area contributed by atoms with Crippen molar-refractivity contribution in [3.05, 3.63) is 36.2 Å². The molecule has 9 nitrogen and oxygen atoms in total. The molecule has 0 aliphatic heterocycles. The molecule has 0 spiro atoms. The molecule has 0 saturated heterocycles. The van der Waals surface area contributed by atoms with Gasteiger partial charge in [0.25, 0.3) is 0 Å². The molecule has 1 heterocycles. The lowest BCUT2D eigenvalue weighted by molar-refractivity contribution is -0.145. The molecule has 1 aromatic carbocycles. The van der Waals surface area contributed by atoms with Crippen molar-refractivity contribution in [1.82, 2.24) is 15.1 Å². The summed E-state index contributed by atoms with van der Waals surface area (Å²) >= 11 is 0. The molecule has 2 N–H and O–H groups in total. The molecule has 1 aromatic heterocycles. The summed E-state index contributed by atoms with van der Waals surface area (Å²) < 4.78 is 74.4.